The molecule has 3 aromatic heterocycles. The molecular weight excluding hydrogens is 350 g/mol. The largest absolute Gasteiger partial charge is 0.348 e. The molecule has 1 saturated heterocycles. The molecule has 0 atom stereocenters. The standard InChI is InChI=1S/C18H19N5O2S/c24-17(14-3-1-7-19-12-14)22-8-5-13(6-9-22)11-15-20-21-18(25)23(15)16-4-2-10-26-16/h1-4,7,10,12-13H,5-6,8-9,11H2,(H,21,25). The molecule has 7 nitrogen and oxygen atoms in total. The molecule has 8 heteroatoms. The minimum absolute atomic E-state index is 0.0341. The molecule has 0 aromatic carbocycles. The van der Waals surface area contributed by atoms with E-state index in [1.54, 1.807) is 29.1 Å². The monoisotopic (exact) mass is 369 g/mol. The molecule has 3 aromatic rings. The summed E-state index contributed by atoms with van der Waals surface area (Å²) in [5.74, 6) is 1.20. The van der Waals surface area contributed by atoms with Crippen LogP contribution >= 0.6 is 11.3 Å². The third-order valence-electron chi connectivity index (χ3n) is 4.75. The van der Waals surface area contributed by atoms with Crippen LogP contribution in [-0.2, 0) is 6.42 Å². The summed E-state index contributed by atoms with van der Waals surface area (Å²) in [6.45, 7) is 1.43. The van der Waals surface area contributed by atoms with Gasteiger partial charge in [0.1, 0.15) is 10.8 Å². The van der Waals surface area contributed by atoms with E-state index in [4.69, 9.17) is 0 Å². The van der Waals surface area contributed by atoms with Crippen molar-refractivity contribution in [3.63, 3.8) is 0 Å². The first-order valence-electron chi connectivity index (χ1n) is 8.62. The number of carbonyl (C=O) groups is 1. The van der Waals surface area contributed by atoms with Gasteiger partial charge in [-0.15, -0.1) is 11.3 Å². The molecule has 1 aliphatic rings. The molecule has 4 heterocycles. The van der Waals surface area contributed by atoms with Crippen LogP contribution in [0.4, 0.5) is 0 Å². The van der Waals surface area contributed by atoms with Crippen LogP contribution in [-0.4, -0.2) is 43.6 Å². The normalized spacial score (nSPS) is 15.3. The highest BCUT2D eigenvalue weighted by Gasteiger charge is 2.25. The smallest absolute Gasteiger partial charge is 0.339 e. The van der Waals surface area contributed by atoms with Crippen LogP contribution in [0.5, 0.6) is 0 Å². The molecule has 0 saturated carbocycles. The van der Waals surface area contributed by atoms with E-state index in [1.165, 1.54) is 11.3 Å². The molecule has 1 amide bonds. The van der Waals surface area contributed by atoms with Crippen molar-refractivity contribution in [3.05, 3.63) is 63.9 Å². The second kappa shape index (κ2) is 7.25. The van der Waals surface area contributed by atoms with E-state index in [9.17, 15) is 9.59 Å². The van der Waals surface area contributed by atoms with E-state index in [0.717, 1.165) is 30.1 Å². The lowest BCUT2D eigenvalue weighted by Gasteiger charge is -2.31. The first-order valence-corrected chi connectivity index (χ1v) is 9.50. The number of aromatic amines is 1. The van der Waals surface area contributed by atoms with Gasteiger partial charge in [0.15, 0.2) is 0 Å². The highest BCUT2D eigenvalue weighted by atomic mass is 32.1. The van der Waals surface area contributed by atoms with Gasteiger partial charge in [0.2, 0.25) is 0 Å². The molecule has 134 valence electrons. The second-order valence-corrected chi connectivity index (χ2v) is 7.34. The Labute approximate surface area is 154 Å². The average molecular weight is 369 g/mol. The summed E-state index contributed by atoms with van der Waals surface area (Å²) in [5.41, 5.74) is 0.427. The maximum atomic E-state index is 12.5. The lowest BCUT2D eigenvalue weighted by Crippen LogP contribution is -2.39. The third kappa shape index (κ3) is 3.32. The first-order chi connectivity index (χ1) is 12.7. The number of thiophene rings is 1. The molecule has 0 radical (unpaired) electrons. The molecule has 26 heavy (non-hydrogen) atoms. The summed E-state index contributed by atoms with van der Waals surface area (Å²) < 4.78 is 1.65. The van der Waals surface area contributed by atoms with Crippen LogP contribution in [0.2, 0.25) is 0 Å². The lowest BCUT2D eigenvalue weighted by atomic mass is 9.93. The fourth-order valence-electron chi connectivity index (χ4n) is 3.36. The van der Waals surface area contributed by atoms with Gasteiger partial charge in [0.05, 0.1) is 5.56 Å². The number of hydrogen-bond donors (Lipinski definition) is 1. The second-order valence-electron chi connectivity index (χ2n) is 6.41. The van der Waals surface area contributed by atoms with Crippen LogP contribution in [0.3, 0.4) is 0 Å². The van der Waals surface area contributed by atoms with Gasteiger partial charge in [-0.1, -0.05) is 0 Å². The molecule has 4 rings (SSSR count). The molecule has 0 unspecified atom stereocenters. The number of aromatic nitrogens is 4. The van der Waals surface area contributed by atoms with E-state index < -0.39 is 0 Å². The Morgan fingerprint density at radius 3 is 2.81 bits per heavy atom. The summed E-state index contributed by atoms with van der Waals surface area (Å²) >= 11 is 1.52. The fraction of sp³-hybridized carbons (Fsp3) is 0.333. The highest BCUT2D eigenvalue weighted by molar-refractivity contribution is 7.12. The number of amides is 1. The predicted octanol–water partition coefficient (Wildman–Crippen LogP) is 2.11. The van der Waals surface area contributed by atoms with E-state index in [2.05, 4.69) is 15.2 Å². The quantitative estimate of drug-likeness (QED) is 0.763. The Kier molecular flexibility index (Phi) is 4.66. The molecule has 1 aliphatic heterocycles. The van der Waals surface area contributed by atoms with Gasteiger partial charge in [-0.3, -0.25) is 9.78 Å². The zero-order valence-corrected chi connectivity index (χ0v) is 15.0. The van der Waals surface area contributed by atoms with E-state index in [0.29, 0.717) is 24.6 Å². The number of H-pyrrole nitrogens is 1. The Morgan fingerprint density at radius 2 is 2.12 bits per heavy atom. The Bertz CT molecular complexity index is 924. The van der Waals surface area contributed by atoms with Gasteiger partial charge >= 0.3 is 5.69 Å². The molecule has 1 N–H and O–H groups in total. The number of pyridine rings is 1. The zero-order chi connectivity index (χ0) is 17.9. The van der Waals surface area contributed by atoms with Crippen LogP contribution in [0.1, 0.15) is 29.0 Å². The number of rotatable bonds is 4. The summed E-state index contributed by atoms with van der Waals surface area (Å²) in [5, 5.41) is 9.59. The van der Waals surface area contributed by atoms with Crippen molar-refractivity contribution < 1.29 is 4.79 Å². The van der Waals surface area contributed by atoms with Crippen molar-refractivity contribution in [3.8, 4) is 5.00 Å². The lowest BCUT2D eigenvalue weighted by molar-refractivity contribution is 0.0689. The third-order valence-corrected chi connectivity index (χ3v) is 5.60. The Morgan fingerprint density at radius 1 is 1.27 bits per heavy atom. The number of carbonyl (C=O) groups excluding carboxylic acids is 1. The van der Waals surface area contributed by atoms with Crippen LogP contribution in [0.25, 0.3) is 5.00 Å². The van der Waals surface area contributed by atoms with Gasteiger partial charge in [-0.2, -0.15) is 5.10 Å². The fourth-order valence-corrected chi connectivity index (χ4v) is 4.11. The molecule has 1 fully saturated rings. The molecule has 0 spiro atoms. The van der Waals surface area contributed by atoms with Crippen LogP contribution in [0, 0.1) is 5.92 Å². The zero-order valence-electron chi connectivity index (χ0n) is 14.2. The van der Waals surface area contributed by atoms with Crippen molar-refractivity contribution in [2.24, 2.45) is 5.92 Å². The average Bonchev–Trinajstić information content (AvgIpc) is 3.32. The maximum absolute atomic E-state index is 12.5. The number of piperidine rings is 1. The van der Waals surface area contributed by atoms with E-state index in [-0.39, 0.29) is 11.6 Å². The summed E-state index contributed by atoms with van der Waals surface area (Å²) in [6, 6.07) is 7.41. The van der Waals surface area contributed by atoms with Crippen molar-refractivity contribution in [1.29, 1.82) is 0 Å². The number of nitrogens with one attached hydrogen (secondary N) is 1. The number of nitrogens with zero attached hydrogens (tertiary/aromatic N) is 4. The maximum Gasteiger partial charge on any atom is 0.348 e. The van der Waals surface area contributed by atoms with Crippen LogP contribution in [0.15, 0.2) is 46.8 Å². The number of likely N-dealkylation sites (tertiary alicyclic amines) is 1. The van der Waals surface area contributed by atoms with Crippen molar-refractivity contribution in [2.75, 3.05) is 13.1 Å². The van der Waals surface area contributed by atoms with E-state index in [1.807, 2.05) is 22.4 Å². The van der Waals surface area contributed by atoms with Crippen LogP contribution < -0.4 is 5.69 Å². The van der Waals surface area contributed by atoms with Gasteiger partial charge in [-0.05, 0) is 48.4 Å². The molecule has 0 bridgehead atoms. The van der Waals surface area contributed by atoms with Crippen molar-refractivity contribution in [1.82, 2.24) is 24.6 Å². The van der Waals surface area contributed by atoms with Crippen molar-refractivity contribution >= 4 is 17.2 Å². The van der Waals surface area contributed by atoms with Gasteiger partial charge < -0.3 is 4.90 Å². The summed E-state index contributed by atoms with van der Waals surface area (Å²) in [6.07, 6.45) is 5.80. The SMILES string of the molecule is O=C(c1cccnc1)N1CCC(Cc2n[nH]c(=O)n2-c2cccs2)CC1. The minimum Gasteiger partial charge on any atom is -0.339 e. The van der Waals surface area contributed by atoms with Gasteiger partial charge in [-0.25, -0.2) is 14.5 Å². The minimum atomic E-state index is -0.202. The van der Waals surface area contributed by atoms with Gasteiger partial charge in [0.25, 0.3) is 5.91 Å². The Hall–Kier alpha value is -2.74. The van der Waals surface area contributed by atoms with Crippen molar-refractivity contribution in [2.45, 2.75) is 19.3 Å². The molecular formula is C18H19N5O2S. The molecule has 0 aliphatic carbocycles. The summed E-state index contributed by atoms with van der Waals surface area (Å²) in [7, 11) is 0. The summed E-state index contributed by atoms with van der Waals surface area (Å²) in [4.78, 5) is 30.5. The topological polar surface area (TPSA) is 83.9 Å². The predicted molar refractivity (Wildman–Crippen MR) is 98.6 cm³/mol. The van der Waals surface area contributed by atoms with Gasteiger partial charge in [0, 0.05) is 31.9 Å². The Balaban J connectivity index is 1.41. The number of hydrogen-bond acceptors (Lipinski definition) is 5. The first kappa shape index (κ1) is 16.7. The van der Waals surface area contributed by atoms with E-state index >= 15 is 0 Å². The highest BCUT2D eigenvalue weighted by Crippen LogP contribution is 2.23.